The van der Waals surface area contributed by atoms with Crippen LogP contribution in [0.3, 0.4) is 0 Å². The van der Waals surface area contributed by atoms with E-state index in [-0.39, 0.29) is 6.10 Å². The van der Waals surface area contributed by atoms with Crippen LogP contribution in [0.2, 0.25) is 0 Å². The van der Waals surface area contributed by atoms with Crippen molar-refractivity contribution in [2.75, 3.05) is 33.4 Å². The molecule has 1 N–H and O–H groups in total. The predicted molar refractivity (Wildman–Crippen MR) is 79.0 cm³/mol. The quantitative estimate of drug-likeness (QED) is 0.787. The molecule has 1 saturated heterocycles. The summed E-state index contributed by atoms with van der Waals surface area (Å²) in [5.74, 6) is 0. The van der Waals surface area contributed by atoms with E-state index in [2.05, 4.69) is 9.88 Å². The number of aliphatic hydroxyl groups excluding tert-OH is 1. The highest BCUT2D eigenvalue weighted by Crippen LogP contribution is 2.14. The highest BCUT2D eigenvalue weighted by atomic mass is 32.1. The largest absolute Gasteiger partial charge is 0.389 e. The molecule has 2 rings (SSSR count). The average molecular weight is 300 g/mol. The molecular formula is C14H24N2O3S. The fourth-order valence-corrected chi connectivity index (χ4v) is 3.21. The fourth-order valence-electron chi connectivity index (χ4n) is 2.33. The Labute approximate surface area is 124 Å². The van der Waals surface area contributed by atoms with Crippen LogP contribution in [-0.4, -0.2) is 60.6 Å². The first-order chi connectivity index (χ1) is 9.63. The van der Waals surface area contributed by atoms with Gasteiger partial charge in [-0.05, 0) is 26.8 Å². The third-order valence-electron chi connectivity index (χ3n) is 3.26. The van der Waals surface area contributed by atoms with Crippen LogP contribution in [0, 0.1) is 6.92 Å². The highest BCUT2D eigenvalue weighted by molar-refractivity contribution is 7.11. The lowest BCUT2D eigenvalue weighted by atomic mass is 10.2. The van der Waals surface area contributed by atoms with Gasteiger partial charge in [-0.15, -0.1) is 11.3 Å². The van der Waals surface area contributed by atoms with E-state index >= 15 is 0 Å². The maximum absolute atomic E-state index is 9.96. The zero-order valence-corrected chi connectivity index (χ0v) is 13.1. The van der Waals surface area contributed by atoms with E-state index < -0.39 is 6.10 Å². The summed E-state index contributed by atoms with van der Waals surface area (Å²) in [7, 11) is 2.00. The minimum atomic E-state index is -0.463. The number of likely N-dealkylation sites (N-methyl/N-ethyl adjacent to an activating group) is 1. The Morgan fingerprint density at radius 2 is 2.50 bits per heavy atom. The second kappa shape index (κ2) is 8.05. The van der Waals surface area contributed by atoms with Crippen LogP contribution in [0.25, 0.3) is 0 Å². The van der Waals surface area contributed by atoms with Gasteiger partial charge >= 0.3 is 0 Å². The highest BCUT2D eigenvalue weighted by Gasteiger charge is 2.16. The lowest BCUT2D eigenvalue weighted by Gasteiger charge is -2.20. The van der Waals surface area contributed by atoms with Gasteiger partial charge in [0.25, 0.3) is 0 Å². The fraction of sp³-hybridized carbons (Fsp3) is 0.786. The van der Waals surface area contributed by atoms with Crippen LogP contribution in [0.1, 0.15) is 22.7 Å². The molecule has 0 aliphatic carbocycles. The third kappa shape index (κ3) is 5.46. The summed E-state index contributed by atoms with van der Waals surface area (Å²) in [4.78, 5) is 7.54. The first-order valence-corrected chi connectivity index (χ1v) is 7.92. The number of aliphatic hydroxyl groups is 1. The summed E-state index contributed by atoms with van der Waals surface area (Å²) < 4.78 is 11.0. The van der Waals surface area contributed by atoms with Gasteiger partial charge in [0.1, 0.15) is 0 Å². The number of hydrogen-bond acceptors (Lipinski definition) is 6. The van der Waals surface area contributed by atoms with E-state index in [9.17, 15) is 5.11 Å². The summed E-state index contributed by atoms with van der Waals surface area (Å²) in [6, 6.07) is 0. The van der Waals surface area contributed by atoms with Crippen molar-refractivity contribution in [2.24, 2.45) is 0 Å². The molecule has 6 heteroatoms. The van der Waals surface area contributed by atoms with Gasteiger partial charge in [-0.2, -0.15) is 0 Å². The van der Waals surface area contributed by atoms with E-state index in [1.54, 1.807) is 11.3 Å². The van der Waals surface area contributed by atoms with E-state index in [0.717, 1.165) is 31.0 Å². The molecule has 0 radical (unpaired) electrons. The Morgan fingerprint density at radius 1 is 1.65 bits per heavy atom. The standard InChI is InChI=1S/C14H24N2O3S/c1-11-15-6-14(20-11)8-16(2)7-12(17)9-18-10-13-4-3-5-19-13/h6,12-13,17H,3-5,7-10H2,1-2H3. The van der Waals surface area contributed by atoms with Gasteiger partial charge < -0.3 is 14.6 Å². The van der Waals surface area contributed by atoms with E-state index in [1.165, 1.54) is 4.88 Å². The van der Waals surface area contributed by atoms with E-state index in [4.69, 9.17) is 9.47 Å². The number of rotatable bonds is 8. The van der Waals surface area contributed by atoms with Crippen molar-refractivity contribution in [1.82, 2.24) is 9.88 Å². The Hall–Kier alpha value is -0.530. The van der Waals surface area contributed by atoms with Gasteiger partial charge in [-0.25, -0.2) is 4.98 Å². The smallest absolute Gasteiger partial charge is 0.0900 e. The summed E-state index contributed by atoms with van der Waals surface area (Å²) in [5.41, 5.74) is 0. The molecule has 0 saturated carbocycles. The molecule has 114 valence electrons. The van der Waals surface area contributed by atoms with Gasteiger partial charge in [-0.1, -0.05) is 0 Å². The van der Waals surface area contributed by atoms with Crippen molar-refractivity contribution in [3.8, 4) is 0 Å². The molecule has 2 heterocycles. The molecule has 1 aromatic rings. The molecule has 0 bridgehead atoms. The minimum Gasteiger partial charge on any atom is -0.389 e. The first kappa shape index (κ1) is 15.9. The van der Waals surface area contributed by atoms with Crippen LogP contribution in [0.15, 0.2) is 6.20 Å². The van der Waals surface area contributed by atoms with Crippen molar-refractivity contribution in [3.05, 3.63) is 16.1 Å². The molecule has 1 fully saturated rings. The van der Waals surface area contributed by atoms with Gasteiger partial charge in [0.15, 0.2) is 0 Å². The SMILES string of the molecule is Cc1ncc(CN(C)CC(O)COCC2CCCO2)s1. The first-order valence-electron chi connectivity index (χ1n) is 7.10. The van der Waals surface area contributed by atoms with Crippen LogP contribution < -0.4 is 0 Å². The van der Waals surface area contributed by atoms with E-state index in [1.807, 2.05) is 20.2 Å². The Kier molecular flexibility index (Phi) is 6.38. The number of aromatic nitrogens is 1. The van der Waals surface area contributed by atoms with Gasteiger partial charge in [-0.3, -0.25) is 4.90 Å². The molecule has 1 aliphatic heterocycles. The number of thiazole rings is 1. The molecule has 20 heavy (non-hydrogen) atoms. The average Bonchev–Trinajstić information content (AvgIpc) is 3.01. The minimum absolute atomic E-state index is 0.222. The zero-order chi connectivity index (χ0) is 14.4. The summed E-state index contributed by atoms with van der Waals surface area (Å²) in [5, 5.41) is 11.0. The maximum Gasteiger partial charge on any atom is 0.0900 e. The van der Waals surface area contributed by atoms with Gasteiger partial charge in [0, 0.05) is 30.8 Å². The molecular weight excluding hydrogens is 276 g/mol. The second-order valence-corrected chi connectivity index (χ2v) is 6.69. The molecule has 2 unspecified atom stereocenters. The Bertz CT molecular complexity index is 394. The third-order valence-corrected chi connectivity index (χ3v) is 4.15. The number of ether oxygens (including phenoxy) is 2. The Balaban J connectivity index is 1.59. The lowest BCUT2D eigenvalue weighted by Crippen LogP contribution is -2.32. The summed E-state index contributed by atoms with van der Waals surface area (Å²) in [6.07, 6.45) is 3.85. The van der Waals surface area contributed by atoms with Gasteiger partial charge in [0.05, 0.1) is 30.4 Å². The molecule has 5 nitrogen and oxygen atoms in total. The van der Waals surface area contributed by atoms with Crippen molar-refractivity contribution in [1.29, 1.82) is 0 Å². The van der Waals surface area contributed by atoms with Crippen LogP contribution in [-0.2, 0) is 16.0 Å². The topological polar surface area (TPSA) is 54.8 Å². The van der Waals surface area contributed by atoms with Crippen molar-refractivity contribution < 1.29 is 14.6 Å². The summed E-state index contributed by atoms with van der Waals surface area (Å²) >= 11 is 1.70. The second-order valence-electron chi connectivity index (χ2n) is 5.37. The maximum atomic E-state index is 9.96. The summed E-state index contributed by atoms with van der Waals surface area (Å²) in [6.45, 7) is 5.22. The number of nitrogens with zero attached hydrogens (tertiary/aromatic N) is 2. The molecule has 1 aliphatic rings. The molecule has 0 spiro atoms. The van der Waals surface area contributed by atoms with Gasteiger partial charge in [0.2, 0.25) is 0 Å². The number of aryl methyl sites for hydroxylation is 1. The Morgan fingerprint density at radius 3 is 3.15 bits per heavy atom. The predicted octanol–water partition coefficient (Wildman–Crippen LogP) is 1.44. The molecule has 2 atom stereocenters. The normalized spacial score (nSPS) is 20.7. The van der Waals surface area contributed by atoms with E-state index in [0.29, 0.717) is 19.8 Å². The van der Waals surface area contributed by atoms with Crippen LogP contribution >= 0.6 is 11.3 Å². The monoisotopic (exact) mass is 300 g/mol. The van der Waals surface area contributed by atoms with Crippen molar-refractivity contribution in [2.45, 2.75) is 38.5 Å². The van der Waals surface area contributed by atoms with Crippen molar-refractivity contribution in [3.63, 3.8) is 0 Å². The van der Waals surface area contributed by atoms with Crippen LogP contribution in [0.4, 0.5) is 0 Å². The van der Waals surface area contributed by atoms with Crippen molar-refractivity contribution >= 4 is 11.3 Å². The molecule has 0 amide bonds. The molecule has 1 aromatic heterocycles. The lowest BCUT2D eigenvalue weighted by molar-refractivity contribution is -0.0238. The van der Waals surface area contributed by atoms with Crippen LogP contribution in [0.5, 0.6) is 0 Å². The molecule has 0 aromatic carbocycles. The number of hydrogen-bond donors (Lipinski definition) is 1. The zero-order valence-electron chi connectivity index (χ0n) is 12.2.